The Balaban J connectivity index is 1.80. The summed E-state index contributed by atoms with van der Waals surface area (Å²) in [5.41, 5.74) is 1.64. The minimum atomic E-state index is -0.0642. The third-order valence-electron chi connectivity index (χ3n) is 3.66. The number of carbonyl (C=O) groups is 1. The zero-order chi connectivity index (χ0) is 17.2. The number of carbonyl (C=O) groups excluding carboxylic acids is 1. The maximum atomic E-state index is 12.1. The molecule has 2 rings (SSSR count). The number of unbranched alkanes of at least 4 members (excludes halogenated alkanes) is 2. The minimum absolute atomic E-state index is 0.0642. The molecule has 1 aromatic heterocycles. The molecular weight excluding hydrogens is 302 g/mol. The molecule has 0 aliphatic heterocycles. The van der Waals surface area contributed by atoms with Crippen LogP contribution in [-0.4, -0.2) is 24.5 Å². The summed E-state index contributed by atoms with van der Waals surface area (Å²) in [6, 6.07) is 11.2. The van der Waals surface area contributed by atoms with E-state index in [2.05, 4.69) is 22.5 Å². The standard InChI is InChI=1S/C19H25N3O2/c1-3-4-5-12-20-18-11-8-16(14-21-18)22-19(23)13-15-6-9-17(24-2)10-7-15/h6-11,14H,3-5,12-13H2,1-2H3,(H,20,21)(H,22,23). The summed E-state index contributed by atoms with van der Waals surface area (Å²) in [5, 5.41) is 6.14. The molecule has 0 bridgehead atoms. The molecule has 0 aliphatic rings. The van der Waals surface area contributed by atoms with Crippen molar-refractivity contribution < 1.29 is 9.53 Å². The van der Waals surface area contributed by atoms with Gasteiger partial charge in [0.1, 0.15) is 11.6 Å². The number of aromatic nitrogens is 1. The summed E-state index contributed by atoms with van der Waals surface area (Å²) >= 11 is 0. The number of hydrogen-bond acceptors (Lipinski definition) is 4. The Labute approximate surface area is 143 Å². The lowest BCUT2D eigenvalue weighted by Crippen LogP contribution is -2.14. The van der Waals surface area contributed by atoms with E-state index in [1.807, 2.05) is 36.4 Å². The molecule has 128 valence electrons. The van der Waals surface area contributed by atoms with Crippen LogP contribution in [0.1, 0.15) is 31.7 Å². The normalized spacial score (nSPS) is 10.2. The fraction of sp³-hybridized carbons (Fsp3) is 0.368. The molecule has 24 heavy (non-hydrogen) atoms. The molecule has 0 unspecified atom stereocenters. The third-order valence-corrected chi connectivity index (χ3v) is 3.66. The van der Waals surface area contributed by atoms with Crippen molar-refractivity contribution in [2.24, 2.45) is 0 Å². The molecule has 1 heterocycles. The largest absolute Gasteiger partial charge is 0.497 e. The Morgan fingerprint density at radius 3 is 2.54 bits per heavy atom. The van der Waals surface area contributed by atoms with Crippen molar-refractivity contribution in [1.82, 2.24) is 4.98 Å². The second kappa shape index (κ2) is 9.55. The fourth-order valence-electron chi connectivity index (χ4n) is 2.30. The van der Waals surface area contributed by atoms with Crippen LogP contribution in [0.4, 0.5) is 11.5 Å². The first-order valence-corrected chi connectivity index (χ1v) is 8.34. The second-order valence-corrected chi connectivity index (χ2v) is 5.64. The van der Waals surface area contributed by atoms with E-state index >= 15 is 0 Å². The molecule has 1 amide bonds. The molecule has 0 saturated carbocycles. The molecule has 0 atom stereocenters. The second-order valence-electron chi connectivity index (χ2n) is 5.64. The summed E-state index contributed by atoms with van der Waals surface area (Å²) in [6.07, 6.45) is 5.55. The van der Waals surface area contributed by atoms with Crippen LogP contribution in [0.3, 0.4) is 0 Å². The van der Waals surface area contributed by atoms with E-state index in [9.17, 15) is 4.79 Å². The highest BCUT2D eigenvalue weighted by Crippen LogP contribution is 2.13. The van der Waals surface area contributed by atoms with Crippen molar-refractivity contribution in [1.29, 1.82) is 0 Å². The quantitative estimate of drug-likeness (QED) is 0.686. The number of pyridine rings is 1. The summed E-state index contributed by atoms with van der Waals surface area (Å²) in [4.78, 5) is 16.4. The zero-order valence-corrected chi connectivity index (χ0v) is 14.3. The highest BCUT2D eigenvalue weighted by Gasteiger charge is 2.05. The molecule has 5 heteroatoms. The van der Waals surface area contributed by atoms with E-state index in [-0.39, 0.29) is 5.91 Å². The fourth-order valence-corrected chi connectivity index (χ4v) is 2.30. The smallest absolute Gasteiger partial charge is 0.228 e. The maximum Gasteiger partial charge on any atom is 0.228 e. The number of rotatable bonds is 9. The van der Waals surface area contributed by atoms with Crippen LogP contribution >= 0.6 is 0 Å². The van der Waals surface area contributed by atoms with Crippen LogP contribution in [0.25, 0.3) is 0 Å². The molecule has 1 aromatic carbocycles. The maximum absolute atomic E-state index is 12.1. The van der Waals surface area contributed by atoms with Crippen molar-refractivity contribution in [3.63, 3.8) is 0 Å². The van der Waals surface area contributed by atoms with Gasteiger partial charge in [-0.1, -0.05) is 31.9 Å². The van der Waals surface area contributed by atoms with Gasteiger partial charge < -0.3 is 15.4 Å². The third kappa shape index (κ3) is 5.91. The summed E-state index contributed by atoms with van der Waals surface area (Å²) in [7, 11) is 1.62. The molecule has 2 aromatic rings. The van der Waals surface area contributed by atoms with Gasteiger partial charge in [-0.25, -0.2) is 4.98 Å². The molecule has 0 fully saturated rings. The number of ether oxygens (including phenoxy) is 1. The van der Waals surface area contributed by atoms with Gasteiger partial charge in [0, 0.05) is 6.54 Å². The molecule has 0 spiro atoms. The van der Waals surface area contributed by atoms with Crippen molar-refractivity contribution in [3.8, 4) is 5.75 Å². The number of nitrogens with one attached hydrogen (secondary N) is 2. The molecule has 2 N–H and O–H groups in total. The highest BCUT2D eigenvalue weighted by atomic mass is 16.5. The summed E-state index contributed by atoms with van der Waals surface area (Å²) in [5.74, 6) is 1.55. The molecule has 0 radical (unpaired) electrons. The Morgan fingerprint density at radius 2 is 1.92 bits per heavy atom. The average Bonchev–Trinajstić information content (AvgIpc) is 2.61. The molecular formula is C19H25N3O2. The van der Waals surface area contributed by atoms with Crippen molar-refractivity contribution in [2.75, 3.05) is 24.3 Å². The predicted octanol–water partition coefficient (Wildman–Crippen LogP) is 3.87. The van der Waals surface area contributed by atoms with Gasteiger partial charge in [0.05, 0.1) is 25.4 Å². The van der Waals surface area contributed by atoms with E-state index in [1.165, 1.54) is 12.8 Å². The van der Waals surface area contributed by atoms with E-state index in [0.717, 1.165) is 30.1 Å². The number of amides is 1. The Hall–Kier alpha value is -2.56. The summed E-state index contributed by atoms with van der Waals surface area (Å²) < 4.78 is 5.11. The number of nitrogens with zero attached hydrogens (tertiary/aromatic N) is 1. The molecule has 0 saturated heterocycles. The van der Waals surface area contributed by atoms with Gasteiger partial charge >= 0.3 is 0 Å². The average molecular weight is 327 g/mol. The topological polar surface area (TPSA) is 63.2 Å². The zero-order valence-electron chi connectivity index (χ0n) is 14.3. The number of methoxy groups -OCH3 is 1. The number of hydrogen-bond donors (Lipinski definition) is 2. The van der Waals surface area contributed by atoms with Gasteiger partial charge in [0.2, 0.25) is 5.91 Å². The van der Waals surface area contributed by atoms with Crippen LogP contribution < -0.4 is 15.4 Å². The van der Waals surface area contributed by atoms with Crippen LogP contribution in [-0.2, 0) is 11.2 Å². The lowest BCUT2D eigenvalue weighted by atomic mass is 10.1. The Bertz CT molecular complexity index is 624. The SMILES string of the molecule is CCCCCNc1ccc(NC(=O)Cc2ccc(OC)cc2)cn1. The van der Waals surface area contributed by atoms with Crippen molar-refractivity contribution in [3.05, 3.63) is 48.2 Å². The predicted molar refractivity (Wildman–Crippen MR) is 97.6 cm³/mol. The van der Waals surface area contributed by atoms with E-state index < -0.39 is 0 Å². The Kier molecular flexibility index (Phi) is 7.08. The van der Waals surface area contributed by atoms with Gasteiger partial charge in [0.25, 0.3) is 0 Å². The van der Waals surface area contributed by atoms with E-state index in [0.29, 0.717) is 12.1 Å². The lowest BCUT2D eigenvalue weighted by molar-refractivity contribution is -0.115. The van der Waals surface area contributed by atoms with Crippen molar-refractivity contribution >= 4 is 17.4 Å². The first-order chi connectivity index (χ1) is 11.7. The monoisotopic (exact) mass is 327 g/mol. The van der Waals surface area contributed by atoms with Crippen molar-refractivity contribution in [2.45, 2.75) is 32.6 Å². The first-order valence-electron chi connectivity index (χ1n) is 8.34. The van der Waals surface area contributed by atoms with Gasteiger partial charge in [-0.3, -0.25) is 4.79 Å². The van der Waals surface area contributed by atoms with Crippen LogP contribution in [0.5, 0.6) is 5.75 Å². The first kappa shape index (κ1) is 17.8. The highest BCUT2D eigenvalue weighted by molar-refractivity contribution is 5.92. The van der Waals surface area contributed by atoms with Gasteiger partial charge in [-0.2, -0.15) is 0 Å². The number of benzene rings is 1. The molecule has 5 nitrogen and oxygen atoms in total. The van der Waals surface area contributed by atoms with Crippen LogP contribution in [0.15, 0.2) is 42.6 Å². The lowest BCUT2D eigenvalue weighted by Gasteiger charge is -2.08. The molecule has 0 aliphatic carbocycles. The Morgan fingerprint density at radius 1 is 1.12 bits per heavy atom. The van der Waals surface area contributed by atoms with E-state index in [4.69, 9.17) is 4.74 Å². The van der Waals surface area contributed by atoms with Crippen LogP contribution in [0, 0.1) is 0 Å². The van der Waals surface area contributed by atoms with Gasteiger partial charge in [-0.15, -0.1) is 0 Å². The minimum Gasteiger partial charge on any atom is -0.497 e. The van der Waals surface area contributed by atoms with E-state index in [1.54, 1.807) is 13.3 Å². The number of anilines is 2. The summed E-state index contributed by atoms with van der Waals surface area (Å²) in [6.45, 7) is 3.10. The van der Waals surface area contributed by atoms with Gasteiger partial charge in [-0.05, 0) is 36.2 Å². The van der Waals surface area contributed by atoms with Gasteiger partial charge in [0.15, 0.2) is 0 Å². The van der Waals surface area contributed by atoms with Crippen LogP contribution in [0.2, 0.25) is 0 Å².